The molecule has 1 aliphatic rings. The van der Waals surface area contributed by atoms with Gasteiger partial charge in [-0.3, -0.25) is 0 Å². The first-order valence-electron chi connectivity index (χ1n) is 5.78. The number of benzene rings is 1. The Kier molecular flexibility index (Phi) is 2.91. The second kappa shape index (κ2) is 4.07. The van der Waals surface area contributed by atoms with Crippen LogP contribution in [0.15, 0.2) is 18.2 Å². The lowest BCUT2D eigenvalue weighted by Crippen LogP contribution is -2.41. The van der Waals surface area contributed by atoms with E-state index in [0.717, 1.165) is 36.8 Å². The minimum atomic E-state index is -0.385. The molecule has 3 nitrogen and oxygen atoms in total. The number of hydrogen-bond acceptors (Lipinski definition) is 3. The molecule has 4 N–H and O–H groups in total. The first-order valence-corrected chi connectivity index (χ1v) is 5.78. The van der Waals surface area contributed by atoms with E-state index >= 15 is 0 Å². The van der Waals surface area contributed by atoms with Gasteiger partial charge < -0.3 is 15.9 Å². The van der Waals surface area contributed by atoms with E-state index in [-0.39, 0.29) is 11.6 Å². The van der Waals surface area contributed by atoms with Crippen molar-refractivity contribution in [1.29, 1.82) is 0 Å². The molecular formula is C13H19NO2. The molecule has 2 rings (SSSR count). The van der Waals surface area contributed by atoms with Gasteiger partial charge in [0.1, 0.15) is 5.75 Å². The highest BCUT2D eigenvalue weighted by molar-refractivity contribution is 5.38. The fourth-order valence-corrected chi connectivity index (χ4v) is 2.33. The van der Waals surface area contributed by atoms with Crippen LogP contribution < -0.4 is 5.73 Å². The third kappa shape index (κ3) is 2.06. The summed E-state index contributed by atoms with van der Waals surface area (Å²) in [5, 5.41) is 19.2. The van der Waals surface area contributed by atoms with Crippen LogP contribution in [0.5, 0.6) is 5.75 Å². The summed E-state index contributed by atoms with van der Waals surface area (Å²) in [6.07, 6.45) is 2.82. The van der Waals surface area contributed by atoms with Crippen molar-refractivity contribution in [3.63, 3.8) is 0 Å². The van der Waals surface area contributed by atoms with Gasteiger partial charge in [-0.05, 0) is 49.8 Å². The molecule has 1 aromatic rings. The first kappa shape index (κ1) is 11.4. The van der Waals surface area contributed by atoms with E-state index in [9.17, 15) is 10.2 Å². The molecule has 0 amide bonds. The molecule has 3 heteroatoms. The Bertz CT molecular complexity index is 382. The molecule has 0 radical (unpaired) electrons. The Morgan fingerprint density at radius 1 is 1.31 bits per heavy atom. The molecule has 1 fully saturated rings. The van der Waals surface area contributed by atoms with Gasteiger partial charge in [0, 0.05) is 5.54 Å². The molecule has 0 aromatic heterocycles. The number of aromatic hydroxyl groups is 1. The molecule has 0 heterocycles. The van der Waals surface area contributed by atoms with Crippen molar-refractivity contribution >= 4 is 0 Å². The lowest BCUT2D eigenvalue weighted by Gasteiger charge is -2.36. The fraction of sp³-hybridized carbons (Fsp3) is 0.538. The topological polar surface area (TPSA) is 66.5 Å². The number of aryl methyl sites for hydroxylation is 1. The lowest BCUT2D eigenvalue weighted by molar-refractivity contribution is 0.0968. The van der Waals surface area contributed by atoms with Gasteiger partial charge in [0.2, 0.25) is 0 Å². The zero-order valence-electron chi connectivity index (χ0n) is 9.61. The Morgan fingerprint density at radius 2 is 1.94 bits per heavy atom. The van der Waals surface area contributed by atoms with Gasteiger partial charge in [-0.1, -0.05) is 12.1 Å². The molecule has 0 saturated heterocycles. The van der Waals surface area contributed by atoms with E-state index in [0.29, 0.717) is 5.75 Å². The predicted molar refractivity (Wildman–Crippen MR) is 63.2 cm³/mol. The van der Waals surface area contributed by atoms with Gasteiger partial charge in [-0.15, -0.1) is 0 Å². The van der Waals surface area contributed by atoms with Crippen molar-refractivity contribution in [2.75, 3.05) is 0 Å². The summed E-state index contributed by atoms with van der Waals surface area (Å²) >= 11 is 0. The standard InChI is InChI=1S/C13H19NO2/c1-9-2-3-10(8-12(9)16)13(14)6-4-11(15)5-7-13/h2-3,8,11,15-16H,4-7,14H2,1H3. The summed E-state index contributed by atoms with van der Waals surface area (Å²) in [4.78, 5) is 0. The second-order valence-electron chi connectivity index (χ2n) is 4.89. The number of phenolic OH excluding ortho intramolecular Hbond substituents is 1. The van der Waals surface area contributed by atoms with Crippen LogP contribution in [0.2, 0.25) is 0 Å². The maximum atomic E-state index is 9.69. The molecule has 16 heavy (non-hydrogen) atoms. The molecule has 88 valence electrons. The van der Waals surface area contributed by atoms with Crippen LogP contribution in [-0.4, -0.2) is 16.3 Å². The van der Waals surface area contributed by atoms with Crippen LogP contribution in [0.1, 0.15) is 36.8 Å². The molecule has 1 aromatic carbocycles. The second-order valence-corrected chi connectivity index (χ2v) is 4.89. The number of nitrogens with two attached hydrogens (primary N) is 1. The Morgan fingerprint density at radius 3 is 2.50 bits per heavy atom. The van der Waals surface area contributed by atoms with E-state index in [1.54, 1.807) is 6.07 Å². The van der Waals surface area contributed by atoms with Crippen molar-refractivity contribution in [3.8, 4) is 5.75 Å². The largest absolute Gasteiger partial charge is 0.508 e. The molecular weight excluding hydrogens is 202 g/mol. The minimum absolute atomic E-state index is 0.212. The molecule has 0 atom stereocenters. The van der Waals surface area contributed by atoms with Crippen molar-refractivity contribution in [2.45, 2.75) is 44.2 Å². The van der Waals surface area contributed by atoms with Crippen LogP contribution in [0.3, 0.4) is 0 Å². The number of hydrogen-bond donors (Lipinski definition) is 3. The van der Waals surface area contributed by atoms with E-state index in [2.05, 4.69) is 0 Å². The van der Waals surface area contributed by atoms with Gasteiger partial charge in [0.25, 0.3) is 0 Å². The molecule has 1 aliphatic carbocycles. The van der Waals surface area contributed by atoms with Gasteiger partial charge in [0.15, 0.2) is 0 Å². The average molecular weight is 221 g/mol. The lowest BCUT2D eigenvalue weighted by atomic mass is 9.76. The van der Waals surface area contributed by atoms with Gasteiger partial charge >= 0.3 is 0 Å². The highest BCUT2D eigenvalue weighted by Crippen LogP contribution is 2.36. The fourth-order valence-electron chi connectivity index (χ4n) is 2.33. The average Bonchev–Trinajstić information content (AvgIpc) is 2.26. The molecule has 1 saturated carbocycles. The monoisotopic (exact) mass is 221 g/mol. The summed E-state index contributed by atoms with van der Waals surface area (Å²) in [5.74, 6) is 0.299. The Balaban J connectivity index is 2.25. The number of aliphatic hydroxyl groups is 1. The van der Waals surface area contributed by atoms with E-state index in [4.69, 9.17) is 5.73 Å². The van der Waals surface area contributed by atoms with Crippen LogP contribution >= 0.6 is 0 Å². The first-order chi connectivity index (χ1) is 7.51. The highest BCUT2D eigenvalue weighted by atomic mass is 16.3. The van der Waals surface area contributed by atoms with Gasteiger partial charge in [0.05, 0.1) is 6.10 Å². The van der Waals surface area contributed by atoms with Crippen molar-refractivity contribution in [1.82, 2.24) is 0 Å². The number of rotatable bonds is 1. The number of aliphatic hydroxyl groups excluding tert-OH is 1. The normalized spacial score (nSPS) is 30.3. The minimum Gasteiger partial charge on any atom is -0.508 e. The zero-order valence-corrected chi connectivity index (χ0v) is 9.61. The molecule has 0 aliphatic heterocycles. The molecule has 0 spiro atoms. The Labute approximate surface area is 95.9 Å². The third-order valence-corrected chi connectivity index (χ3v) is 3.63. The van der Waals surface area contributed by atoms with Crippen LogP contribution in [0.25, 0.3) is 0 Å². The van der Waals surface area contributed by atoms with Crippen LogP contribution in [-0.2, 0) is 5.54 Å². The quantitative estimate of drug-likeness (QED) is 0.677. The van der Waals surface area contributed by atoms with Gasteiger partial charge in [-0.25, -0.2) is 0 Å². The van der Waals surface area contributed by atoms with Crippen molar-refractivity contribution in [2.24, 2.45) is 5.73 Å². The summed E-state index contributed by atoms with van der Waals surface area (Å²) < 4.78 is 0. The SMILES string of the molecule is Cc1ccc(C2(N)CCC(O)CC2)cc1O. The maximum absolute atomic E-state index is 9.69. The Hall–Kier alpha value is -1.06. The van der Waals surface area contributed by atoms with E-state index in [1.807, 2.05) is 19.1 Å². The van der Waals surface area contributed by atoms with Crippen LogP contribution in [0, 0.1) is 6.92 Å². The maximum Gasteiger partial charge on any atom is 0.118 e. The zero-order chi connectivity index (χ0) is 11.8. The summed E-state index contributed by atoms with van der Waals surface area (Å²) in [5.41, 5.74) is 7.79. The van der Waals surface area contributed by atoms with Gasteiger partial charge in [-0.2, -0.15) is 0 Å². The summed E-state index contributed by atoms with van der Waals surface area (Å²) in [6, 6.07) is 5.63. The smallest absolute Gasteiger partial charge is 0.118 e. The molecule has 0 bridgehead atoms. The third-order valence-electron chi connectivity index (χ3n) is 3.63. The van der Waals surface area contributed by atoms with Crippen molar-refractivity contribution in [3.05, 3.63) is 29.3 Å². The van der Waals surface area contributed by atoms with Crippen molar-refractivity contribution < 1.29 is 10.2 Å². The van der Waals surface area contributed by atoms with E-state index < -0.39 is 0 Å². The van der Waals surface area contributed by atoms with E-state index in [1.165, 1.54) is 0 Å². The highest BCUT2D eigenvalue weighted by Gasteiger charge is 2.32. The molecule has 0 unspecified atom stereocenters. The number of phenols is 1. The summed E-state index contributed by atoms with van der Waals surface area (Å²) in [7, 11) is 0. The predicted octanol–water partition coefficient (Wildman–Crippen LogP) is 1.79. The summed E-state index contributed by atoms with van der Waals surface area (Å²) in [6.45, 7) is 1.87. The van der Waals surface area contributed by atoms with Crippen LogP contribution in [0.4, 0.5) is 0 Å².